The van der Waals surface area contributed by atoms with Gasteiger partial charge in [0, 0.05) is 23.2 Å². The van der Waals surface area contributed by atoms with Gasteiger partial charge in [-0.15, -0.1) is 0 Å². The Bertz CT molecular complexity index is 763. The van der Waals surface area contributed by atoms with E-state index in [1.165, 1.54) is 0 Å². The molecule has 3 aliphatic carbocycles. The molecule has 1 aromatic rings. The van der Waals surface area contributed by atoms with Gasteiger partial charge in [0.25, 0.3) is 0 Å². The summed E-state index contributed by atoms with van der Waals surface area (Å²) in [5.41, 5.74) is 0.867. The zero-order valence-corrected chi connectivity index (χ0v) is 14.7. The Kier molecular flexibility index (Phi) is 4.10. The van der Waals surface area contributed by atoms with E-state index in [4.69, 9.17) is 10.00 Å². The minimum atomic E-state index is -0.329. The molecule has 0 bridgehead atoms. The van der Waals surface area contributed by atoms with Gasteiger partial charge in [-0.2, -0.15) is 10.4 Å². The summed E-state index contributed by atoms with van der Waals surface area (Å²) < 4.78 is 5.53. The monoisotopic (exact) mass is 357 g/mol. The van der Waals surface area contributed by atoms with E-state index in [0.717, 1.165) is 37.8 Å². The quantitative estimate of drug-likeness (QED) is 0.747. The van der Waals surface area contributed by atoms with Crippen molar-refractivity contribution < 1.29 is 14.3 Å². The van der Waals surface area contributed by atoms with E-state index < -0.39 is 0 Å². The third-order valence-electron chi connectivity index (χ3n) is 5.64. The number of alkyl carbamates (subject to hydrolysis) is 1. The van der Waals surface area contributed by atoms with Crippen LogP contribution in [0.1, 0.15) is 57.1 Å². The number of nitrogens with zero attached hydrogens (tertiary/aromatic N) is 2. The van der Waals surface area contributed by atoms with E-state index in [2.05, 4.69) is 26.9 Å². The highest BCUT2D eigenvalue weighted by Crippen LogP contribution is 2.39. The van der Waals surface area contributed by atoms with Crippen molar-refractivity contribution in [3.8, 4) is 6.07 Å². The normalized spacial score (nSPS) is 30.9. The van der Waals surface area contributed by atoms with Crippen LogP contribution in [-0.4, -0.2) is 33.8 Å². The third-order valence-corrected chi connectivity index (χ3v) is 5.64. The van der Waals surface area contributed by atoms with Gasteiger partial charge in [0.15, 0.2) is 5.82 Å². The molecule has 0 saturated heterocycles. The Balaban J connectivity index is 1.26. The third kappa shape index (κ3) is 3.66. The molecule has 0 unspecified atom stereocenters. The first-order valence-electron chi connectivity index (χ1n) is 9.20. The number of carbonyl (C=O) groups excluding carboxylic acids is 2. The molecule has 138 valence electrons. The lowest BCUT2D eigenvalue weighted by atomic mass is 10.0. The number of hydrogen-bond acceptors (Lipinski definition) is 5. The first-order valence-corrected chi connectivity index (χ1v) is 9.20. The van der Waals surface area contributed by atoms with E-state index in [1.807, 2.05) is 13.0 Å². The molecule has 8 nitrogen and oxygen atoms in total. The molecule has 0 aliphatic heterocycles. The number of amides is 2. The van der Waals surface area contributed by atoms with Crippen LogP contribution >= 0.6 is 0 Å². The molecular weight excluding hydrogens is 334 g/mol. The Morgan fingerprint density at radius 3 is 2.88 bits per heavy atom. The van der Waals surface area contributed by atoms with Gasteiger partial charge in [0.1, 0.15) is 6.10 Å². The number of hydrogen-bond donors (Lipinski definition) is 3. The largest absolute Gasteiger partial charge is 0.446 e. The van der Waals surface area contributed by atoms with E-state index >= 15 is 0 Å². The molecule has 3 fully saturated rings. The van der Waals surface area contributed by atoms with Crippen molar-refractivity contribution in [3.05, 3.63) is 11.8 Å². The lowest BCUT2D eigenvalue weighted by Crippen LogP contribution is -2.36. The van der Waals surface area contributed by atoms with Crippen LogP contribution in [-0.2, 0) is 9.53 Å². The molecule has 1 aromatic heterocycles. The van der Waals surface area contributed by atoms with E-state index in [1.54, 1.807) is 0 Å². The molecule has 4 atom stereocenters. The first kappa shape index (κ1) is 16.9. The summed E-state index contributed by atoms with van der Waals surface area (Å²) in [7, 11) is 0. The number of ether oxygens (including phenoxy) is 1. The maximum absolute atomic E-state index is 12.0. The Morgan fingerprint density at radius 2 is 2.19 bits per heavy atom. The number of nitriles is 1. The summed E-state index contributed by atoms with van der Waals surface area (Å²) in [6, 6.07) is 3.94. The number of H-pyrrole nitrogens is 1. The van der Waals surface area contributed by atoms with Crippen LogP contribution in [0.3, 0.4) is 0 Å². The number of anilines is 1. The summed E-state index contributed by atoms with van der Waals surface area (Å²) in [6.07, 6.45) is 4.70. The van der Waals surface area contributed by atoms with E-state index in [0.29, 0.717) is 12.2 Å². The maximum Gasteiger partial charge on any atom is 0.407 e. The standard InChI is InChI=1S/C18H23N5O3/c1-18(4-5-18)21-17(25)26-12-3-2-10(6-12)14-8-15(23-22-14)20-16(24)13-7-11(13)9-19/h8,10-13H,2-7H2,1H3,(H,21,25)(H2,20,22,23,24)/t10-,11-,12+,13+/m0/s1. The topological polar surface area (TPSA) is 120 Å². The highest BCUT2D eigenvalue weighted by atomic mass is 16.6. The molecule has 3 aliphatic rings. The van der Waals surface area contributed by atoms with Gasteiger partial charge in [-0.05, 0) is 45.4 Å². The number of carbonyl (C=O) groups is 2. The first-order chi connectivity index (χ1) is 12.5. The zero-order valence-electron chi connectivity index (χ0n) is 14.7. The number of rotatable bonds is 5. The summed E-state index contributed by atoms with van der Waals surface area (Å²) in [5.74, 6) is 0.196. The number of aromatic amines is 1. The second-order valence-electron chi connectivity index (χ2n) is 8.00. The predicted molar refractivity (Wildman–Crippen MR) is 92.1 cm³/mol. The van der Waals surface area contributed by atoms with Crippen LogP contribution in [0.15, 0.2) is 6.07 Å². The minimum Gasteiger partial charge on any atom is -0.446 e. The molecule has 3 N–H and O–H groups in total. The van der Waals surface area contributed by atoms with E-state index in [9.17, 15) is 9.59 Å². The van der Waals surface area contributed by atoms with Gasteiger partial charge in [-0.1, -0.05) is 0 Å². The lowest BCUT2D eigenvalue weighted by Gasteiger charge is -2.16. The van der Waals surface area contributed by atoms with Crippen molar-refractivity contribution in [1.29, 1.82) is 5.26 Å². The SMILES string of the molecule is CC1(NC(=O)O[C@@H]2CC[C@H](c3cc(NC(=O)[C@@H]4C[C@H]4C#N)n[nH]3)C2)CC1. The average Bonchev–Trinajstić information content (AvgIpc) is 3.42. The highest BCUT2D eigenvalue weighted by Gasteiger charge is 2.43. The Labute approximate surface area is 151 Å². The molecule has 0 spiro atoms. The van der Waals surface area contributed by atoms with Crippen molar-refractivity contribution in [2.45, 2.75) is 63.0 Å². The fraction of sp³-hybridized carbons (Fsp3) is 0.667. The van der Waals surface area contributed by atoms with Crippen LogP contribution in [0.5, 0.6) is 0 Å². The molecule has 2 amide bonds. The summed E-state index contributed by atoms with van der Waals surface area (Å²) in [6.45, 7) is 2.02. The van der Waals surface area contributed by atoms with Crippen LogP contribution in [0.4, 0.5) is 10.6 Å². The van der Waals surface area contributed by atoms with Crippen molar-refractivity contribution in [2.75, 3.05) is 5.32 Å². The molecule has 0 aromatic carbocycles. The number of aromatic nitrogens is 2. The van der Waals surface area contributed by atoms with Gasteiger partial charge in [-0.3, -0.25) is 9.89 Å². The predicted octanol–water partition coefficient (Wildman–Crippen LogP) is 2.42. The smallest absolute Gasteiger partial charge is 0.407 e. The molecule has 8 heteroatoms. The van der Waals surface area contributed by atoms with Gasteiger partial charge in [0.05, 0.1) is 17.9 Å². The maximum atomic E-state index is 12.0. The fourth-order valence-electron chi connectivity index (χ4n) is 3.53. The Morgan fingerprint density at radius 1 is 1.38 bits per heavy atom. The second-order valence-corrected chi connectivity index (χ2v) is 8.00. The average molecular weight is 357 g/mol. The molecule has 1 heterocycles. The lowest BCUT2D eigenvalue weighted by molar-refractivity contribution is -0.117. The van der Waals surface area contributed by atoms with Crippen molar-refractivity contribution in [2.24, 2.45) is 11.8 Å². The molecule has 0 radical (unpaired) electrons. The zero-order chi connectivity index (χ0) is 18.3. The summed E-state index contributed by atoms with van der Waals surface area (Å²) in [5, 5.41) is 21.6. The summed E-state index contributed by atoms with van der Waals surface area (Å²) in [4.78, 5) is 23.9. The van der Waals surface area contributed by atoms with Gasteiger partial charge >= 0.3 is 6.09 Å². The van der Waals surface area contributed by atoms with Crippen molar-refractivity contribution >= 4 is 17.8 Å². The van der Waals surface area contributed by atoms with Crippen molar-refractivity contribution in [1.82, 2.24) is 15.5 Å². The van der Waals surface area contributed by atoms with Crippen LogP contribution < -0.4 is 10.6 Å². The van der Waals surface area contributed by atoms with Crippen LogP contribution in [0.25, 0.3) is 0 Å². The Hall–Kier alpha value is -2.56. The number of nitrogens with one attached hydrogen (secondary N) is 3. The van der Waals surface area contributed by atoms with Gasteiger partial charge in [0.2, 0.25) is 5.91 Å². The van der Waals surface area contributed by atoms with Crippen molar-refractivity contribution in [3.63, 3.8) is 0 Å². The highest BCUT2D eigenvalue weighted by molar-refractivity contribution is 5.94. The summed E-state index contributed by atoms with van der Waals surface area (Å²) >= 11 is 0. The van der Waals surface area contributed by atoms with Gasteiger partial charge in [-0.25, -0.2) is 4.79 Å². The fourth-order valence-corrected chi connectivity index (χ4v) is 3.53. The molecule has 4 rings (SSSR count). The molecule has 26 heavy (non-hydrogen) atoms. The second kappa shape index (κ2) is 6.31. The van der Waals surface area contributed by atoms with Gasteiger partial charge < -0.3 is 15.4 Å². The molecular formula is C18H23N5O3. The van der Waals surface area contributed by atoms with E-state index in [-0.39, 0.29) is 41.4 Å². The molecule has 3 saturated carbocycles. The minimum absolute atomic E-state index is 0.0717. The van der Waals surface area contributed by atoms with Crippen LogP contribution in [0, 0.1) is 23.2 Å². The van der Waals surface area contributed by atoms with Crippen LogP contribution in [0.2, 0.25) is 0 Å².